The first-order valence-corrected chi connectivity index (χ1v) is 11.0. The van der Waals surface area contributed by atoms with Crippen molar-refractivity contribution in [3.63, 3.8) is 0 Å². The summed E-state index contributed by atoms with van der Waals surface area (Å²) in [5.74, 6) is -1.59. The lowest BCUT2D eigenvalue weighted by molar-refractivity contribution is -0.132. The van der Waals surface area contributed by atoms with Gasteiger partial charge < -0.3 is 14.7 Å². The molecule has 0 saturated carbocycles. The summed E-state index contributed by atoms with van der Waals surface area (Å²) in [6, 6.07) is 17.0. The molecule has 3 aromatic carbocycles. The van der Waals surface area contributed by atoms with Gasteiger partial charge in [0.05, 0.1) is 23.8 Å². The van der Waals surface area contributed by atoms with Crippen molar-refractivity contribution in [1.82, 2.24) is 0 Å². The third kappa shape index (κ3) is 3.59. The quantitative estimate of drug-likeness (QED) is 0.353. The number of rotatable bonds is 3. The van der Waals surface area contributed by atoms with E-state index in [1.54, 1.807) is 36.4 Å². The van der Waals surface area contributed by atoms with Gasteiger partial charge in [-0.3, -0.25) is 14.5 Å². The van der Waals surface area contributed by atoms with Gasteiger partial charge in [-0.1, -0.05) is 24.3 Å². The molecule has 1 saturated heterocycles. The number of aliphatic hydroxyl groups is 1. The molecule has 172 valence electrons. The van der Waals surface area contributed by atoms with Gasteiger partial charge in [0.2, 0.25) is 0 Å². The number of benzene rings is 3. The number of aryl methyl sites for hydroxylation is 1. The Kier molecular flexibility index (Phi) is 5.32. The Morgan fingerprint density at radius 3 is 2.56 bits per heavy atom. The minimum Gasteiger partial charge on any atom is -0.507 e. The van der Waals surface area contributed by atoms with Crippen molar-refractivity contribution in [2.75, 3.05) is 30.0 Å². The summed E-state index contributed by atoms with van der Waals surface area (Å²) in [6.07, 6.45) is 0. The number of likely N-dealkylation sites (N-methyl/N-ethyl adjacent to an activating group) is 1. The number of amides is 1. The van der Waals surface area contributed by atoms with Crippen molar-refractivity contribution >= 4 is 28.8 Å². The van der Waals surface area contributed by atoms with E-state index in [0.717, 1.165) is 11.3 Å². The van der Waals surface area contributed by atoms with Crippen molar-refractivity contribution in [1.29, 1.82) is 0 Å². The van der Waals surface area contributed by atoms with Crippen LogP contribution in [-0.4, -0.2) is 37.0 Å². The summed E-state index contributed by atoms with van der Waals surface area (Å²) in [5, 5.41) is 11.3. The molecular formula is C27H23FN2O4. The topological polar surface area (TPSA) is 70.1 Å². The van der Waals surface area contributed by atoms with E-state index in [2.05, 4.69) is 0 Å². The van der Waals surface area contributed by atoms with Gasteiger partial charge in [0.1, 0.15) is 23.9 Å². The fourth-order valence-electron chi connectivity index (χ4n) is 4.49. The highest BCUT2D eigenvalue weighted by Gasteiger charge is 2.47. The Bertz CT molecular complexity index is 1330. The molecule has 0 aromatic heterocycles. The number of ketones is 1. The van der Waals surface area contributed by atoms with Gasteiger partial charge in [0, 0.05) is 18.3 Å². The van der Waals surface area contributed by atoms with E-state index in [0.29, 0.717) is 35.7 Å². The van der Waals surface area contributed by atoms with E-state index in [1.807, 2.05) is 24.9 Å². The lowest BCUT2D eigenvalue weighted by Crippen LogP contribution is -2.29. The Morgan fingerprint density at radius 1 is 1.06 bits per heavy atom. The van der Waals surface area contributed by atoms with Crippen LogP contribution in [0.4, 0.5) is 15.8 Å². The van der Waals surface area contributed by atoms with Crippen LogP contribution in [0.15, 0.2) is 72.3 Å². The largest absolute Gasteiger partial charge is 0.507 e. The molecule has 7 heteroatoms. The summed E-state index contributed by atoms with van der Waals surface area (Å²) < 4.78 is 19.4. The number of Topliss-reactive ketones (excluding diaryl/α,β-unsaturated/α-hetero) is 1. The number of nitrogens with zero attached hydrogens (tertiary/aromatic N) is 2. The summed E-state index contributed by atoms with van der Waals surface area (Å²) >= 11 is 0. The SMILES string of the molecule is Cc1cccc(N2C(=O)C(=O)/C(=C(\O)c3ccc4c(c3)N(C)CCO4)C2c2ccc(F)cc2)c1. The van der Waals surface area contributed by atoms with Crippen molar-refractivity contribution in [2.45, 2.75) is 13.0 Å². The molecule has 1 fully saturated rings. The number of ether oxygens (including phenoxy) is 1. The molecule has 1 amide bonds. The summed E-state index contributed by atoms with van der Waals surface area (Å²) in [7, 11) is 1.92. The molecule has 2 aliphatic rings. The van der Waals surface area contributed by atoms with Crippen LogP contribution < -0.4 is 14.5 Å². The first-order valence-electron chi connectivity index (χ1n) is 11.0. The number of halogens is 1. The van der Waals surface area contributed by atoms with Gasteiger partial charge in [-0.15, -0.1) is 0 Å². The Morgan fingerprint density at radius 2 is 1.82 bits per heavy atom. The molecule has 1 N–H and O–H groups in total. The van der Waals surface area contributed by atoms with Crippen molar-refractivity contribution < 1.29 is 23.8 Å². The smallest absolute Gasteiger partial charge is 0.300 e. The monoisotopic (exact) mass is 458 g/mol. The van der Waals surface area contributed by atoms with Gasteiger partial charge >= 0.3 is 0 Å². The van der Waals surface area contributed by atoms with Crippen LogP contribution in [0.1, 0.15) is 22.7 Å². The maximum atomic E-state index is 13.7. The average Bonchev–Trinajstić information content (AvgIpc) is 3.09. The molecule has 5 rings (SSSR count). The molecule has 0 spiro atoms. The fourth-order valence-corrected chi connectivity index (χ4v) is 4.49. The number of hydrogen-bond acceptors (Lipinski definition) is 5. The molecule has 2 heterocycles. The Labute approximate surface area is 196 Å². The number of carbonyl (C=O) groups excluding carboxylic acids is 2. The van der Waals surface area contributed by atoms with E-state index in [9.17, 15) is 19.1 Å². The van der Waals surface area contributed by atoms with Crippen LogP contribution in [-0.2, 0) is 9.59 Å². The van der Waals surface area contributed by atoms with Crippen LogP contribution >= 0.6 is 0 Å². The number of carbonyl (C=O) groups is 2. The average molecular weight is 458 g/mol. The third-order valence-corrected chi connectivity index (χ3v) is 6.24. The highest BCUT2D eigenvalue weighted by molar-refractivity contribution is 6.51. The molecule has 0 radical (unpaired) electrons. The zero-order chi connectivity index (χ0) is 24.0. The fraction of sp³-hybridized carbons (Fsp3) is 0.185. The van der Waals surface area contributed by atoms with E-state index in [1.165, 1.54) is 29.2 Å². The first-order chi connectivity index (χ1) is 16.3. The molecular weight excluding hydrogens is 435 g/mol. The predicted octanol–water partition coefficient (Wildman–Crippen LogP) is 4.59. The number of hydrogen-bond donors (Lipinski definition) is 1. The van der Waals surface area contributed by atoms with Crippen LogP contribution in [0.5, 0.6) is 5.75 Å². The standard InChI is InChI=1S/C27H23FN2O4/c1-16-4-3-5-20(14-16)30-24(17-6-9-19(28)10-7-17)23(26(32)27(30)33)25(31)18-8-11-22-21(15-18)29(2)12-13-34-22/h3-11,14-15,24,31H,12-13H2,1-2H3/b25-23-. The molecule has 0 bridgehead atoms. The normalized spacial score (nSPS) is 19.2. The van der Waals surface area contributed by atoms with Crippen LogP contribution in [0.2, 0.25) is 0 Å². The van der Waals surface area contributed by atoms with Crippen LogP contribution in [0, 0.1) is 12.7 Å². The number of fused-ring (bicyclic) bond motifs is 1. The van der Waals surface area contributed by atoms with Gasteiger partial charge in [-0.25, -0.2) is 4.39 Å². The summed E-state index contributed by atoms with van der Waals surface area (Å²) in [6.45, 7) is 3.13. The molecule has 1 unspecified atom stereocenters. The lowest BCUT2D eigenvalue weighted by Gasteiger charge is -2.28. The van der Waals surface area contributed by atoms with Gasteiger partial charge in [-0.2, -0.15) is 0 Å². The Hall–Kier alpha value is -4.13. The van der Waals surface area contributed by atoms with Crippen LogP contribution in [0.3, 0.4) is 0 Å². The molecule has 0 aliphatic carbocycles. The second kappa shape index (κ2) is 8.33. The molecule has 2 aliphatic heterocycles. The van der Waals surface area contributed by atoms with Crippen LogP contribution in [0.25, 0.3) is 5.76 Å². The van der Waals surface area contributed by atoms with Gasteiger partial charge in [0.15, 0.2) is 0 Å². The summed E-state index contributed by atoms with van der Waals surface area (Å²) in [4.78, 5) is 29.9. The molecule has 1 atom stereocenters. The third-order valence-electron chi connectivity index (χ3n) is 6.24. The van der Waals surface area contributed by atoms with Gasteiger partial charge in [0.25, 0.3) is 11.7 Å². The maximum Gasteiger partial charge on any atom is 0.300 e. The maximum absolute atomic E-state index is 13.7. The van der Waals surface area contributed by atoms with Crippen molar-refractivity contribution in [2.24, 2.45) is 0 Å². The molecule has 3 aromatic rings. The minimum atomic E-state index is -0.910. The lowest BCUT2D eigenvalue weighted by atomic mass is 9.94. The Balaban J connectivity index is 1.70. The van der Waals surface area contributed by atoms with Gasteiger partial charge in [-0.05, 0) is 60.5 Å². The van der Waals surface area contributed by atoms with E-state index < -0.39 is 23.5 Å². The number of anilines is 2. The van der Waals surface area contributed by atoms with Crippen molar-refractivity contribution in [3.8, 4) is 5.75 Å². The van der Waals surface area contributed by atoms with E-state index >= 15 is 0 Å². The molecule has 6 nitrogen and oxygen atoms in total. The first kappa shape index (κ1) is 21.7. The summed E-state index contributed by atoms with van der Waals surface area (Å²) in [5.41, 5.74) is 3.08. The molecule has 34 heavy (non-hydrogen) atoms. The second-order valence-corrected chi connectivity index (χ2v) is 8.51. The zero-order valence-electron chi connectivity index (χ0n) is 18.8. The van der Waals surface area contributed by atoms with E-state index in [-0.39, 0.29) is 11.3 Å². The second-order valence-electron chi connectivity index (χ2n) is 8.51. The highest BCUT2D eigenvalue weighted by atomic mass is 19.1. The van der Waals surface area contributed by atoms with E-state index in [4.69, 9.17) is 4.74 Å². The van der Waals surface area contributed by atoms with Crippen molar-refractivity contribution in [3.05, 3.63) is 94.8 Å². The predicted molar refractivity (Wildman–Crippen MR) is 128 cm³/mol. The number of aliphatic hydroxyl groups excluding tert-OH is 1. The zero-order valence-corrected chi connectivity index (χ0v) is 18.8. The highest BCUT2D eigenvalue weighted by Crippen LogP contribution is 2.43. The minimum absolute atomic E-state index is 0.0440.